The Morgan fingerprint density at radius 2 is 1.88 bits per heavy atom. The zero-order valence-electron chi connectivity index (χ0n) is 18.6. The molecule has 0 aliphatic heterocycles. The molecule has 0 aliphatic carbocycles. The van der Waals surface area contributed by atoms with Crippen molar-refractivity contribution in [2.24, 2.45) is 0 Å². The van der Waals surface area contributed by atoms with Crippen molar-refractivity contribution in [1.29, 1.82) is 0 Å². The van der Waals surface area contributed by atoms with Gasteiger partial charge in [0.05, 0.1) is 54.4 Å². The Morgan fingerprint density at radius 3 is 2.53 bits per heavy atom. The highest BCUT2D eigenvalue weighted by atomic mass is 16.5. The average Bonchev–Trinajstić information content (AvgIpc) is 3.37. The molecule has 0 saturated heterocycles. The summed E-state index contributed by atoms with van der Waals surface area (Å²) in [6.45, 7) is 5.89. The van der Waals surface area contributed by atoms with E-state index in [0.717, 1.165) is 50.2 Å². The number of rotatable bonds is 5. The number of aryl methyl sites for hydroxylation is 2. The monoisotopic (exact) mass is 429 g/mol. The Morgan fingerprint density at radius 1 is 1.03 bits per heavy atom. The summed E-state index contributed by atoms with van der Waals surface area (Å²) < 4.78 is 18.9. The number of hydrogen-bond donors (Lipinski definition) is 0. The van der Waals surface area contributed by atoms with E-state index >= 15 is 0 Å². The van der Waals surface area contributed by atoms with Gasteiger partial charge < -0.3 is 14.0 Å². The SMILES string of the molecule is COc1cc2c(cc1-c1c(C)noc1C)ncc1nc(OC)n([C@H](C)c3ccccn3)c12. The first-order chi connectivity index (χ1) is 15.5. The smallest absolute Gasteiger partial charge is 0.297 e. The highest BCUT2D eigenvalue weighted by Crippen LogP contribution is 2.40. The van der Waals surface area contributed by atoms with E-state index in [9.17, 15) is 0 Å². The molecule has 0 aliphatic rings. The molecule has 0 bridgehead atoms. The third kappa shape index (κ3) is 2.98. The number of pyridine rings is 2. The fourth-order valence-corrected chi connectivity index (χ4v) is 4.27. The Labute approximate surface area is 184 Å². The van der Waals surface area contributed by atoms with Gasteiger partial charge in [-0.3, -0.25) is 14.5 Å². The number of hydrogen-bond acceptors (Lipinski definition) is 7. The molecule has 1 aromatic carbocycles. The summed E-state index contributed by atoms with van der Waals surface area (Å²) in [5, 5.41) is 5.01. The number of fused-ring (bicyclic) bond motifs is 3. The largest absolute Gasteiger partial charge is 0.496 e. The molecular weight excluding hydrogens is 406 g/mol. The first kappa shape index (κ1) is 20.0. The summed E-state index contributed by atoms with van der Waals surface area (Å²) in [7, 11) is 3.28. The van der Waals surface area contributed by atoms with Gasteiger partial charge in [0.1, 0.15) is 17.0 Å². The standard InChI is InChI=1S/C24H23N5O3/c1-13-22(15(3)32-28-13)17-10-19-16(11-21(17)30-4)23-20(12-26-19)27-24(31-5)29(23)14(2)18-8-6-7-9-25-18/h6-12,14H,1-5H3/t14-/m1/s1. The minimum Gasteiger partial charge on any atom is -0.496 e. The van der Waals surface area contributed by atoms with E-state index < -0.39 is 0 Å². The van der Waals surface area contributed by atoms with Crippen LogP contribution in [0.3, 0.4) is 0 Å². The van der Waals surface area contributed by atoms with Gasteiger partial charge in [0.25, 0.3) is 6.01 Å². The Balaban J connectivity index is 1.82. The predicted molar refractivity (Wildman–Crippen MR) is 121 cm³/mol. The van der Waals surface area contributed by atoms with Crippen LogP contribution in [0.1, 0.15) is 30.1 Å². The van der Waals surface area contributed by atoms with Crippen LogP contribution in [0.4, 0.5) is 0 Å². The average molecular weight is 429 g/mol. The third-order valence-corrected chi connectivity index (χ3v) is 5.79. The molecular formula is C24H23N5O3. The summed E-state index contributed by atoms with van der Waals surface area (Å²) >= 11 is 0. The molecule has 0 N–H and O–H groups in total. The topological polar surface area (TPSA) is 88.1 Å². The van der Waals surface area contributed by atoms with Crippen LogP contribution >= 0.6 is 0 Å². The fraction of sp³-hybridized carbons (Fsp3) is 0.250. The minimum absolute atomic E-state index is 0.102. The van der Waals surface area contributed by atoms with Crippen LogP contribution in [0.25, 0.3) is 33.1 Å². The second kappa shape index (κ2) is 7.64. The van der Waals surface area contributed by atoms with E-state index in [1.807, 2.05) is 44.2 Å². The van der Waals surface area contributed by atoms with Gasteiger partial charge in [0, 0.05) is 17.1 Å². The maximum atomic E-state index is 5.78. The summed E-state index contributed by atoms with van der Waals surface area (Å²) in [6, 6.07) is 10.3. The molecule has 4 heterocycles. The van der Waals surface area contributed by atoms with E-state index in [1.165, 1.54) is 0 Å². The molecule has 0 amide bonds. The number of benzene rings is 1. The molecule has 1 atom stereocenters. The number of aromatic nitrogens is 5. The van der Waals surface area contributed by atoms with Gasteiger partial charge in [-0.15, -0.1) is 0 Å². The minimum atomic E-state index is -0.102. The van der Waals surface area contributed by atoms with Crippen LogP contribution in [0, 0.1) is 13.8 Å². The van der Waals surface area contributed by atoms with E-state index in [1.54, 1.807) is 26.6 Å². The molecule has 5 aromatic rings. The highest BCUT2D eigenvalue weighted by Gasteiger charge is 2.23. The number of imidazole rings is 1. The van der Waals surface area contributed by atoms with Gasteiger partial charge in [0.2, 0.25) is 0 Å². The molecule has 4 aromatic heterocycles. The Bertz CT molecular complexity index is 1420. The second-order valence-corrected chi connectivity index (χ2v) is 7.66. The van der Waals surface area contributed by atoms with E-state index in [0.29, 0.717) is 11.8 Å². The first-order valence-electron chi connectivity index (χ1n) is 10.3. The first-order valence-corrected chi connectivity index (χ1v) is 10.3. The molecule has 8 heteroatoms. The Hall–Kier alpha value is -3.94. The summed E-state index contributed by atoms with van der Waals surface area (Å²) in [6.07, 6.45) is 3.56. The van der Waals surface area contributed by atoms with Crippen LogP contribution in [0.2, 0.25) is 0 Å². The second-order valence-electron chi connectivity index (χ2n) is 7.66. The van der Waals surface area contributed by atoms with Crippen molar-refractivity contribution in [3.63, 3.8) is 0 Å². The van der Waals surface area contributed by atoms with Gasteiger partial charge in [-0.1, -0.05) is 11.2 Å². The maximum absolute atomic E-state index is 5.78. The van der Waals surface area contributed by atoms with Crippen molar-refractivity contribution in [2.75, 3.05) is 14.2 Å². The lowest BCUT2D eigenvalue weighted by Crippen LogP contribution is -2.10. The molecule has 162 valence electrons. The van der Waals surface area contributed by atoms with Crippen LogP contribution < -0.4 is 9.47 Å². The summed E-state index contributed by atoms with van der Waals surface area (Å²) in [5.41, 5.74) is 5.98. The summed E-state index contributed by atoms with van der Waals surface area (Å²) in [5.74, 6) is 1.44. The molecule has 0 fully saturated rings. The van der Waals surface area contributed by atoms with E-state index in [2.05, 4.69) is 31.6 Å². The van der Waals surface area contributed by atoms with Gasteiger partial charge in [0.15, 0.2) is 0 Å². The fourth-order valence-electron chi connectivity index (χ4n) is 4.27. The van der Waals surface area contributed by atoms with Crippen molar-refractivity contribution >= 4 is 21.9 Å². The molecule has 32 heavy (non-hydrogen) atoms. The van der Waals surface area contributed by atoms with Crippen molar-refractivity contribution < 1.29 is 14.0 Å². The quantitative estimate of drug-likeness (QED) is 0.393. The van der Waals surface area contributed by atoms with Gasteiger partial charge in [-0.05, 0) is 45.0 Å². The van der Waals surface area contributed by atoms with Crippen molar-refractivity contribution in [3.05, 3.63) is 59.9 Å². The Kier molecular flexibility index (Phi) is 4.77. The number of methoxy groups -OCH3 is 2. The lowest BCUT2D eigenvalue weighted by atomic mass is 10.0. The molecule has 0 radical (unpaired) electrons. The molecule has 0 unspecified atom stereocenters. The highest BCUT2D eigenvalue weighted by molar-refractivity contribution is 6.05. The normalized spacial score (nSPS) is 12.4. The van der Waals surface area contributed by atoms with Gasteiger partial charge >= 0.3 is 0 Å². The molecule has 0 spiro atoms. The summed E-state index contributed by atoms with van der Waals surface area (Å²) in [4.78, 5) is 13.9. The third-order valence-electron chi connectivity index (χ3n) is 5.79. The zero-order chi connectivity index (χ0) is 22.4. The molecule has 5 rings (SSSR count). The van der Waals surface area contributed by atoms with E-state index in [4.69, 9.17) is 14.0 Å². The van der Waals surface area contributed by atoms with Crippen LogP contribution in [0.5, 0.6) is 11.8 Å². The lowest BCUT2D eigenvalue weighted by Gasteiger charge is -2.17. The zero-order valence-corrected chi connectivity index (χ0v) is 18.6. The van der Waals surface area contributed by atoms with Gasteiger partial charge in [-0.2, -0.15) is 4.98 Å². The predicted octanol–water partition coefficient (Wildman–Crippen LogP) is 4.88. The van der Waals surface area contributed by atoms with Gasteiger partial charge in [-0.25, -0.2) is 0 Å². The van der Waals surface area contributed by atoms with E-state index in [-0.39, 0.29) is 6.04 Å². The molecule has 0 saturated carbocycles. The lowest BCUT2D eigenvalue weighted by molar-refractivity contribution is 0.353. The number of nitrogens with zero attached hydrogens (tertiary/aromatic N) is 5. The van der Waals surface area contributed by atoms with Crippen molar-refractivity contribution in [1.82, 2.24) is 24.7 Å². The van der Waals surface area contributed by atoms with Crippen LogP contribution in [-0.2, 0) is 0 Å². The van der Waals surface area contributed by atoms with Crippen molar-refractivity contribution in [2.45, 2.75) is 26.8 Å². The maximum Gasteiger partial charge on any atom is 0.297 e. The number of ether oxygens (including phenoxy) is 2. The van der Waals surface area contributed by atoms with Crippen LogP contribution in [-0.4, -0.2) is 38.9 Å². The van der Waals surface area contributed by atoms with Crippen LogP contribution in [0.15, 0.2) is 47.2 Å². The van der Waals surface area contributed by atoms with Crippen molar-refractivity contribution in [3.8, 4) is 22.9 Å². The molecule has 8 nitrogen and oxygen atoms in total.